The Labute approximate surface area is 213 Å². The fraction of sp³-hybridized carbons (Fsp3) is 0.679. The number of hydrogen-bond donors (Lipinski definition) is 3. The number of carbonyl (C=O) groups is 2. The normalized spacial score (nSPS) is 12.4. The molecule has 0 aliphatic rings. The molecule has 0 radical (unpaired) electrons. The molecule has 0 saturated carbocycles. The van der Waals surface area contributed by atoms with Gasteiger partial charge in [-0.3, -0.25) is 9.79 Å². The minimum absolute atomic E-state index is 0.00745. The van der Waals surface area contributed by atoms with Crippen molar-refractivity contribution in [3.05, 3.63) is 36.5 Å². The second-order valence-electron chi connectivity index (χ2n) is 8.82. The molecule has 0 aliphatic heterocycles. The lowest BCUT2D eigenvalue weighted by Gasteiger charge is -2.16. The van der Waals surface area contributed by atoms with E-state index in [-0.39, 0.29) is 11.9 Å². The second kappa shape index (κ2) is 24.6. The van der Waals surface area contributed by atoms with Gasteiger partial charge in [0.05, 0.1) is 6.61 Å². The summed E-state index contributed by atoms with van der Waals surface area (Å²) in [4.78, 5) is 28.5. The number of carbonyl (C=O) groups excluding carboxylic acids is 2. The molecule has 35 heavy (non-hydrogen) atoms. The summed E-state index contributed by atoms with van der Waals surface area (Å²) in [6.45, 7) is 5.01. The highest BCUT2D eigenvalue weighted by Gasteiger charge is 2.20. The average Bonchev–Trinajstić information content (AvgIpc) is 2.83. The molecule has 1 atom stereocenters. The molecule has 200 valence electrons. The number of hydrogen-bond acceptors (Lipinski definition) is 4. The van der Waals surface area contributed by atoms with E-state index in [9.17, 15) is 9.59 Å². The van der Waals surface area contributed by atoms with Crippen molar-refractivity contribution in [3.63, 3.8) is 0 Å². The van der Waals surface area contributed by atoms with Crippen molar-refractivity contribution in [1.82, 2.24) is 5.32 Å². The highest BCUT2D eigenvalue weighted by Crippen LogP contribution is 2.10. The maximum absolute atomic E-state index is 12.3. The molecular weight excluding hydrogens is 440 g/mol. The van der Waals surface area contributed by atoms with E-state index in [1.54, 1.807) is 12.2 Å². The largest absolute Gasteiger partial charge is 0.464 e. The molecular formula is C28H50N4O3. The smallest absolute Gasteiger partial charge is 0.328 e. The van der Waals surface area contributed by atoms with Crippen LogP contribution in [0, 0.1) is 0 Å². The van der Waals surface area contributed by atoms with Crippen molar-refractivity contribution in [3.8, 4) is 0 Å². The molecule has 0 bridgehead atoms. The van der Waals surface area contributed by atoms with Gasteiger partial charge in [0, 0.05) is 12.6 Å². The van der Waals surface area contributed by atoms with Gasteiger partial charge < -0.3 is 21.5 Å². The summed E-state index contributed by atoms with van der Waals surface area (Å²) in [6.07, 6.45) is 26.7. The monoisotopic (exact) mass is 490 g/mol. The second-order valence-corrected chi connectivity index (χ2v) is 8.82. The van der Waals surface area contributed by atoms with Gasteiger partial charge in [0.15, 0.2) is 5.96 Å². The first-order valence-corrected chi connectivity index (χ1v) is 13.5. The number of rotatable bonds is 22. The van der Waals surface area contributed by atoms with Crippen molar-refractivity contribution in [2.24, 2.45) is 16.5 Å². The lowest BCUT2D eigenvalue weighted by atomic mass is 10.1. The van der Waals surface area contributed by atoms with E-state index in [2.05, 4.69) is 23.3 Å². The summed E-state index contributed by atoms with van der Waals surface area (Å²) in [5.74, 6) is -0.763. The van der Waals surface area contributed by atoms with Gasteiger partial charge in [-0.1, -0.05) is 102 Å². The maximum atomic E-state index is 12.3. The van der Waals surface area contributed by atoms with Crippen LogP contribution < -0.4 is 16.8 Å². The standard InChI is InChI=1S/C28H50N4O3/c1-3-5-7-8-9-10-11-12-13-14-15-16-17-18-19-22-26(33)32-25(21-20-23-31-28(29)30)27(34)35-24-6-4-2/h15-19,22,25H,3-14,20-21,23-24H2,1-2H3,(H,32,33)(H4,29,30,31)/t25-/m0/s1. The first-order valence-electron chi connectivity index (χ1n) is 13.5. The van der Waals surface area contributed by atoms with E-state index in [1.165, 1.54) is 63.9 Å². The molecule has 0 aromatic carbocycles. The van der Waals surface area contributed by atoms with Gasteiger partial charge >= 0.3 is 5.97 Å². The molecule has 0 fully saturated rings. The number of unbranched alkanes of at least 4 members (excludes halogenated alkanes) is 10. The maximum Gasteiger partial charge on any atom is 0.328 e. The molecule has 0 heterocycles. The Bertz CT molecular complexity index is 653. The highest BCUT2D eigenvalue weighted by molar-refractivity contribution is 5.91. The molecule has 0 saturated heterocycles. The number of aliphatic imine (C=N–C) groups is 1. The number of guanidine groups is 1. The lowest BCUT2D eigenvalue weighted by Crippen LogP contribution is -2.41. The van der Waals surface area contributed by atoms with Crippen LogP contribution in [0.25, 0.3) is 0 Å². The van der Waals surface area contributed by atoms with Crippen LogP contribution in [0.1, 0.15) is 104 Å². The van der Waals surface area contributed by atoms with Crippen molar-refractivity contribution < 1.29 is 14.3 Å². The summed E-state index contributed by atoms with van der Waals surface area (Å²) in [6, 6.07) is -0.724. The summed E-state index contributed by atoms with van der Waals surface area (Å²) in [7, 11) is 0. The third kappa shape index (κ3) is 23.0. The predicted octanol–water partition coefficient (Wildman–Crippen LogP) is 5.46. The lowest BCUT2D eigenvalue weighted by molar-refractivity contribution is -0.147. The van der Waals surface area contributed by atoms with Crippen LogP contribution in [0.5, 0.6) is 0 Å². The van der Waals surface area contributed by atoms with Crippen molar-refractivity contribution in [2.45, 2.75) is 110 Å². The summed E-state index contributed by atoms with van der Waals surface area (Å²) in [5, 5.41) is 2.72. The number of nitrogens with zero attached hydrogens (tertiary/aromatic N) is 1. The Morgan fingerprint density at radius 1 is 0.829 bits per heavy atom. The highest BCUT2D eigenvalue weighted by atomic mass is 16.5. The molecule has 0 aromatic rings. The zero-order valence-electron chi connectivity index (χ0n) is 22.2. The summed E-state index contributed by atoms with van der Waals surface area (Å²) >= 11 is 0. The van der Waals surface area contributed by atoms with Crippen molar-refractivity contribution in [2.75, 3.05) is 13.2 Å². The van der Waals surface area contributed by atoms with Crippen LogP contribution in [0.3, 0.4) is 0 Å². The number of nitrogens with two attached hydrogens (primary N) is 2. The van der Waals surface area contributed by atoms with E-state index < -0.39 is 12.0 Å². The summed E-state index contributed by atoms with van der Waals surface area (Å²) in [5.41, 5.74) is 10.6. The summed E-state index contributed by atoms with van der Waals surface area (Å²) < 4.78 is 5.27. The molecule has 5 N–H and O–H groups in total. The number of amides is 1. The van der Waals surface area contributed by atoms with Gasteiger partial charge in [-0.05, 0) is 32.1 Å². The van der Waals surface area contributed by atoms with Gasteiger partial charge in [-0.25, -0.2) is 4.79 Å². The molecule has 0 unspecified atom stereocenters. The van der Waals surface area contributed by atoms with Gasteiger partial charge in [0.2, 0.25) is 5.91 Å². The Balaban J connectivity index is 4.20. The topological polar surface area (TPSA) is 120 Å². The minimum atomic E-state index is -0.724. The first kappa shape index (κ1) is 32.4. The third-order valence-electron chi connectivity index (χ3n) is 5.48. The Morgan fingerprint density at radius 2 is 1.46 bits per heavy atom. The molecule has 0 aromatic heterocycles. The minimum Gasteiger partial charge on any atom is -0.464 e. The zero-order chi connectivity index (χ0) is 26.0. The van der Waals surface area contributed by atoms with Crippen molar-refractivity contribution in [1.29, 1.82) is 0 Å². The van der Waals surface area contributed by atoms with Crippen molar-refractivity contribution >= 4 is 17.8 Å². The van der Waals surface area contributed by atoms with Crippen LogP contribution in [-0.4, -0.2) is 37.0 Å². The molecule has 0 spiro atoms. The number of esters is 1. The van der Waals surface area contributed by atoms with Crippen LogP contribution in [0.4, 0.5) is 0 Å². The predicted molar refractivity (Wildman–Crippen MR) is 147 cm³/mol. The first-order chi connectivity index (χ1) is 17.0. The Morgan fingerprint density at radius 3 is 2.11 bits per heavy atom. The van der Waals surface area contributed by atoms with Gasteiger partial charge in [-0.2, -0.15) is 0 Å². The van der Waals surface area contributed by atoms with Gasteiger partial charge in [-0.15, -0.1) is 0 Å². The van der Waals surface area contributed by atoms with E-state index in [1.807, 2.05) is 19.1 Å². The zero-order valence-corrected chi connectivity index (χ0v) is 22.2. The fourth-order valence-corrected chi connectivity index (χ4v) is 3.41. The number of allylic oxidation sites excluding steroid dienone is 5. The third-order valence-corrected chi connectivity index (χ3v) is 5.48. The van der Waals surface area contributed by atoms with Gasteiger partial charge in [0.1, 0.15) is 6.04 Å². The fourth-order valence-electron chi connectivity index (χ4n) is 3.41. The SMILES string of the molecule is CCCCCCCCCCCC=CC=CC=CC(=O)N[C@@H](CCCN=C(N)N)C(=O)OCCCC. The number of ether oxygens (including phenoxy) is 1. The van der Waals surface area contributed by atoms with Crippen LogP contribution >= 0.6 is 0 Å². The van der Waals surface area contributed by atoms with Crippen LogP contribution in [0.2, 0.25) is 0 Å². The molecule has 7 nitrogen and oxygen atoms in total. The Hall–Kier alpha value is -2.57. The van der Waals surface area contributed by atoms with E-state index >= 15 is 0 Å². The average molecular weight is 491 g/mol. The molecule has 1 amide bonds. The van der Waals surface area contributed by atoms with Crippen LogP contribution in [0.15, 0.2) is 41.4 Å². The molecule has 0 aliphatic carbocycles. The van der Waals surface area contributed by atoms with E-state index in [4.69, 9.17) is 16.2 Å². The quantitative estimate of drug-likeness (QED) is 0.0465. The Kier molecular flexibility index (Phi) is 22.7. The van der Waals surface area contributed by atoms with Gasteiger partial charge in [0.25, 0.3) is 0 Å². The van der Waals surface area contributed by atoms with E-state index in [0.29, 0.717) is 26.0 Å². The molecule has 7 heteroatoms. The van der Waals surface area contributed by atoms with E-state index in [0.717, 1.165) is 19.3 Å². The number of nitrogens with one attached hydrogen (secondary N) is 1. The molecule has 0 rings (SSSR count). The van der Waals surface area contributed by atoms with Crippen LogP contribution in [-0.2, 0) is 14.3 Å².